The molecule has 20 heavy (non-hydrogen) atoms. The van der Waals surface area contributed by atoms with Crippen LogP contribution in [0.3, 0.4) is 0 Å². The summed E-state index contributed by atoms with van der Waals surface area (Å²) in [6.07, 6.45) is 0.752. The number of amides is 2. The average molecular weight is 278 g/mol. The van der Waals surface area contributed by atoms with Crippen LogP contribution in [-0.2, 0) is 16.0 Å². The molecular weight excluding hydrogens is 264 g/mol. The summed E-state index contributed by atoms with van der Waals surface area (Å²) in [6.45, 7) is 1.50. The van der Waals surface area contributed by atoms with Gasteiger partial charge in [0.25, 0.3) is 5.69 Å². The van der Waals surface area contributed by atoms with Crippen LogP contribution in [0, 0.1) is 10.1 Å². The van der Waals surface area contributed by atoms with E-state index in [9.17, 15) is 19.7 Å². The molecular formula is C12H14N4O4. The van der Waals surface area contributed by atoms with Crippen molar-refractivity contribution in [1.82, 2.24) is 0 Å². The predicted molar refractivity (Wildman–Crippen MR) is 72.3 cm³/mol. The van der Waals surface area contributed by atoms with Crippen molar-refractivity contribution in [1.29, 1.82) is 0 Å². The molecule has 1 heterocycles. The number of nitrogens with one attached hydrogen (secondary N) is 2. The normalized spacial score (nSPS) is 14.9. The van der Waals surface area contributed by atoms with E-state index in [0.717, 1.165) is 0 Å². The first kappa shape index (κ1) is 13.8. The lowest BCUT2D eigenvalue weighted by atomic mass is 10.0. The second-order valence-electron chi connectivity index (χ2n) is 4.60. The molecule has 106 valence electrons. The number of primary amides is 1. The molecule has 0 spiro atoms. The number of hydrogen-bond acceptors (Lipinski definition) is 5. The summed E-state index contributed by atoms with van der Waals surface area (Å²) in [5, 5.41) is 16.4. The molecule has 0 aliphatic carbocycles. The molecule has 0 radical (unpaired) electrons. The Morgan fingerprint density at radius 2 is 2.20 bits per heavy atom. The van der Waals surface area contributed by atoms with Gasteiger partial charge in [0, 0.05) is 18.2 Å². The summed E-state index contributed by atoms with van der Waals surface area (Å²) >= 11 is 0. The Hall–Kier alpha value is -2.64. The van der Waals surface area contributed by atoms with Crippen molar-refractivity contribution >= 4 is 28.9 Å². The summed E-state index contributed by atoms with van der Waals surface area (Å²) < 4.78 is 0. The van der Waals surface area contributed by atoms with Crippen LogP contribution in [0.5, 0.6) is 0 Å². The van der Waals surface area contributed by atoms with Crippen molar-refractivity contribution in [2.24, 2.45) is 5.73 Å². The van der Waals surface area contributed by atoms with E-state index in [1.165, 1.54) is 19.1 Å². The first-order chi connectivity index (χ1) is 9.38. The Morgan fingerprint density at radius 1 is 1.50 bits per heavy atom. The van der Waals surface area contributed by atoms with Gasteiger partial charge < -0.3 is 16.4 Å². The van der Waals surface area contributed by atoms with Crippen molar-refractivity contribution in [3.8, 4) is 0 Å². The van der Waals surface area contributed by atoms with Gasteiger partial charge in [-0.25, -0.2) is 0 Å². The Labute approximate surface area is 114 Å². The lowest BCUT2D eigenvalue weighted by Crippen LogP contribution is -2.32. The zero-order valence-corrected chi connectivity index (χ0v) is 10.8. The quantitative estimate of drug-likeness (QED) is 0.553. The van der Waals surface area contributed by atoms with Gasteiger partial charge in [-0.05, 0) is 25.0 Å². The van der Waals surface area contributed by atoms with Crippen LogP contribution in [0.15, 0.2) is 12.1 Å². The maximum absolute atomic E-state index is 11.3. The monoisotopic (exact) mass is 278 g/mol. The molecule has 0 saturated heterocycles. The number of nitro benzene ring substituents is 1. The second-order valence-corrected chi connectivity index (χ2v) is 4.60. The highest BCUT2D eigenvalue weighted by Crippen LogP contribution is 2.34. The minimum Gasteiger partial charge on any atom is -0.368 e. The number of aryl methyl sites for hydroxylation is 1. The number of nitro groups is 1. The molecule has 1 aromatic carbocycles. The molecule has 8 nitrogen and oxygen atoms in total. The number of hydrogen-bond donors (Lipinski definition) is 3. The Morgan fingerprint density at radius 3 is 2.80 bits per heavy atom. The van der Waals surface area contributed by atoms with E-state index >= 15 is 0 Å². The van der Waals surface area contributed by atoms with Gasteiger partial charge >= 0.3 is 0 Å². The van der Waals surface area contributed by atoms with Gasteiger partial charge in [-0.15, -0.1) is 0 Å². The van der Waals surface area contributed by atoms with Gasteiger partial charge in [0.2, 0.25) is 11.8 Å². The van der Waals surface area contributed by atoms with E-state index in [4.69, 9.17) is 5.73 Å². The number of carbonyl (C=O) groups excluding carboxylic acids is 2. The van der Waals surface area contributed by atoms with Crippen molar-refractivity contribution in [3.63, 3.8) is 0 Å². The molecule has 0 saturated carbocycles. The minimum atomic E-state index is -0.758. The van der Waals surface area contributed by atoms with Gasteiger partial charge in [0.1, 0.15) is 11.7 Å². The molecule has 1 unspecified atom stereocenters. The van der Waals surface area contributed by atoms with Crippen molar-refractivity contribution in [2.75, 3.05) is 10.6 Å². The second kappa shape index (κ2) is 5.16. The first-order valence-corrected chi connectivity index (χ1v) is 6.05. The molecule has 0 aromatic heterocycles. The summed E-state index contributed by atoms with van der Waals surface area (Å²) in [5.74, 6) is -0.763. The van der Waals surface area contributed by atoms with Crippen LogP contribution in [0.1, 0.15) is 18.9 Å². The zero-order chi connectivity index (χ0) is 14.9. The third-order valence-electron chi connectivity index (χ3n) is 3.11. The molecule has 2 rings (SSSR count). The molecule has 1 aromatic rings. The zero-order valence-electron chi connectivity index (χ0n) is 10.8. The van der Waals surface area contributed by atoms with Gasteiger partial charge in [0.15, 0.2) is 0 Å². The standard InChI is InChI=1S/C12H14N4O4/c1-6(12(13)18)14-9-5-8-7(2-3-11(17)15-8)4-10(9)16(19)20/h4-6,14H,2-3H2,1H3,(H2,13,18)(H,15,17). The fourth-order valence-electron chi connectivity index (χ4n) is 1.99. The van der Waals surface area contributed by atoms with Crippen LogP contribution in [-0.4, -0.2) is 22.8 Å². The molecule has 1 aliphatic rings. The topological polar surface area (TPSA) is 127 Å². The number of nitrogens with two attached hydrogens (primary N) is 1. The molecule has 1 aliphatic heterocycles. The lowest BCUT2D eigenvalue weighted by Gasteiger charge is -2.19. The first-order valence-electron chi connectivity index (χ1n) is 6.05. The van der Waals surface area contributed by atoms with Crippen LogP contribution < -0.4 is 16.4 Å². The van der Waals surface area contributed by atoms with Gasteiger partial charge in [0.05, 0.1) is 4.92 Å². The van der Waals surface area contributed by atoms with Crippen molar-refractivity contribution in [2.45, 2.75) is 25.8 Å². The average Bonchev–Trinajstić information content (AvgIpc) is 2.37. The highest BCUT2D eigenvalue weighted by molar-refractivity contribution is 5.95. The fourth-order valence-corrected chi connectivity index (χ4v) is 1.99. The number of fused-ring (bicyclic) bond motifs is 1. The molecule has 8 heteroatoms. The highest BCUT2D eigenvalue weighted by atomic mass is 16.6. The highest BCUT2D eigenvalue weighted by Gasteiger charge is 2.24. The maximum Gasteiger partial charge on any atom is 0.292 e. The SMILES string of the molecule is CC(Nc1cc2c(cc1[N+](=O)[O-])CCC(=O)N2)C(N)=O. The third kappa shape index (κ3) is 2.68. The summed E-state index contributed by atoms with van der Waals surface area (Å²) in [6, 6.07) is 2.11. The Bertz CT molecular complexity index is 599. The summed E-state index contributed by atoms with van der Waals surface area (Å²) in [4.78, 5) is 32.9. The Balaban J connectivity index is 2.43. The molecule has 0 bridgehead atoms. The van der Waals surface area contributed by atoms with Crippen molar-refractivity contribution < 1.29 is 14.5 Å². The Kier molecular flexibility index (Phi) is 3.55. The van der Waals surface area contributed by atoms with Crippen LogP contribution in [0.4, 0.5) is 17.1 Å². The number of rotatable bonds is 4. The molecule has 1 atom stereocenters. The van der Waals surface area contributed by atoms with E-state index in [0.29, 0.717) is 24.1 Å². The number of nitrogens with zero attached hydrogens (tertiary/aromatic N) is 1. The third-order valence-corrected chi connectivity index (χ3v) is 3.11. The van der Waals surface area contributed by atoms with Crippen molar-refractivity contribution in [3.05, 3.63) is 27.8 Å². The van der Waals surface area contributed by atoms with Crippen LogP contribution in [0.2, 0.25) is 0 Å². The fraction of sp³-hybridized carbons (Fsp3) is 0.333. The molecule has 4 N–H and O–H groups in total. The van der Waals surface area contributed by atoms with Gasteiger partial charge in [-0.1, -0.05) is 0 Å². The van der Waals surface area contributed by atoms with E-state index in [2.05, 4.69) is 10.6 Å². The van der Waals surface area contributed by atoms with Crippen LogP contribution in [0.25, 0.3) is 0 Å². The van der Waals surface area contributed by atoms with Gasteiger partial charge in [-0.2, -0.15) is 0 Å². The lowest BCUT2D eigenvalue weighted by molar-refractivity contribution is -0.384. The van der Waals surface area contributed by atoms with E-state index in [1.807, 2.05) is 0 Å². The smallest absolute Gasteiger partial charge is 0.292 e. The number of anilines is 2. The molecule has 0 fully saturated rings. The van der Waals surface area contributed by atoms with E-state index in [1.54, 1.807) is 0 Å². The minimum absolute atomic E-state index is 0.139. The van der Waals surface area contributed by atoms with Crippen LogP contribution >= 0.6 is 0 Å². The number of benzene rings is 1. The summed E-state index contributed by atoms with van der Waals surface area (Å²) in [5.41, 5.74) is 6.36. The maximum atomic E-state index is 11.3. The van der Waals surface area contributed by atoms with E-state index < -0.39 is 16.9 Å². The van der Waals surface area contributed by atoms with E-state index in [-0.39, 0.29) is 17.3 Å². The molecule has 2 amide bonds. The summed E-state index contributed by atoms with van der Waals surface area (Å²) in [7, 11) is 0. The number of carbonyl (C=O) groups is 2. The van der Waals surface area contributed by atoms with Gasteiger partial charge in [-0.3, -0.25) is 19.7 Å². The largest absolute Gasteiger partial charge is 0.368 e. The predicted octanol–water partition coefficient (Wildman–Crippen LogP) is 0.765.